The third-order valence-electron chi connectivity index (χ3n) is 6.80. The van der Waals surface area contributed by atoms with E-state index in [-0.39, 0.29) is 6.61 Å². The van der Waals surface area contributed by atoms with Gasteiger partial charge in [0, 0.05) is 31.7 Å². The van der Waals surface area contributed by atoms with Gasteiger partial charge in [-0.1, -0.05) is 0 Å². The van der Waals surface area contributed by atoms with Crippen LogP contribution in [-0.4, -0.2) is 59.1 Å². The predicted molar refractivity (Wildman–Crippen MR) is 85.4 cm³/mol. The lowest BCUT2D eigenvalue weighted by Gasteiger charge is -2.59. The van der Waals surface area contributed by atoms with Gasteiger partial charge in [-0.3, -0.25) is 9.69 Å². The number of carbonyl (C=O) groups excluding carboxylic acids is 1. The van der Waals surface area contributed by atoms with E-state index in [1.54, 1.807) is 0 Å². The summed E-state index contributed by atoms with van der Waals surface area (Å²) in [5, 5.41) is 9.09. The van der Waals surface area contributed by atoms with Crippen LogP contribution >= 0.6 is 0 Å². The van der Waals surface area contributed by atoms with Crippen LogP contribution in [0, 0.1) is 17.8 Å². The standard InChI is InChI=1S/C18H30N2O2/c21-9-3-4-13-10-16-15-6-2-8-19-7-1-5-14(18(15)19)12-20(16)17(22)11-13/h13-16,18,21H,1-12H2. The molecule has 0 spiro atoms. The first-order valence-corrected chi connectivity index (χ1v) is 9.42. The molecular weight excluding hydrogens is 276 g/mol. The van der Waals surface area contributed by atoms with E-state index in [2.05, 4.69) is 9.80 Å². The summed E-state index contributed by atoms with van der Waals surface area (Å²) in [6.07, 6.45) is 9.07. The average molecular weight is 306 g/mol. The Morgan fingerprint density at radius 2 is 2.00 bits per heavy atom. The first-order valence-electron chi connectivity index (χ1n) is 9.42. The molecular formula is C18H30N2O2. The molecule has 22 heavy (non-hydrogen) atoms. The zero-order chi connectivity index (χ0) is 15.1. The molecule has 4 heteroatoms. The summed E-state index contributed by atoms with van der Waals surface area (Å²) in [5.41, 5.74) is 0. The zero-order valence-corrected chi connectivity index (χ0v) is 13.6. The Kier molecular flexibility index (Phi) is 4.16. The topological polar surface area (TPSA) is 43.8 Å². The smallest absolute Gasteiger partial charge is 0.223 e. The van der Waals surface area contributed by atoms with Crippen molar-refractivity contribution in [3.8, 4) is 0 Å². The highest BCUT2D eigenvalue weighted by atomic mass is 16.3. The Labute approximate surface area is 133 Å². The van der Waals surface area contributed by atoms with E-state index in [1.807, 2.05) is 0 Å². The lowest BCUT2D eigenvalue weighted by molar-refractivity contribution is -0.154. The number of piperidine rings is 4. The number of aliphatic hydroxyl groups excluding tert-OH is 1. The second-order valence-electron chi connectivity index (χ2n) is 8.02. The Morgan fingerprint density at radius 1 is 1.18 bits per heavy atom. The van der Waals surface area contributed by atoms with Crippen molar-refractivity contribution < 1.29 is 9.90 Å². The normalized spacial score (nSPS) is 42.0. The second kappa shape index (κ2) is 6.12. The Bertz CT molecular complexity index is 425. The van der Waals surface area contributed by atoms with Gasteiger partial charge in [-0.15, -0.1) is 0 Å². The van der Waals surface area contributed by atoms with Crippen molar-refractivity contribution in [2.45, 2.75) is 63.5 Å². The minimum atomic E-state index is 0.265. The van der Waals surface area contributed by atoms with Gasteiger partial charge in [-0.25, -0.2) is 0 Å². The molecule has 4 fully saturated rings. The van der Waals surface area contributed by atoms with Gasteiger partial charge in [-0.05, 0) is 75.8 Å². The maximum atomic E-state index is 12.7. The molecule has 0 radical (unpaired) electrons. The van der Waals surface area contributed by atoms with Crippen LogP contribution in [0.25, 0.3) is 0 Å². The highest BCUT2D eigenvalue weighted by Crippen LogP contribution is 2.46. The molecule has 0 bridgehead atoms. The average Bonchev–Trinajstić information content (AvgIpc) is 2.54. The van der Waals surface area contributed by atoms with Crippen LogP contribution in [0.4, 0.5) is 0 Å². The summed E-state index contributed by atoms with van der Waals surface area (Å²) >= 11 is 0. The fourth-order valence-corrected chi connectivity index (χ4v) is 5.97. The van der Waals surface area contributed by atoms with E-state index in [0.29, 0.717) is 23.8 Å². The summed E-state index contributed by atoms with van der Waals surface area (Å²) < 4.78 is 0. The minimum Gasteiger partial charge on any atom is -0.396 e. The van der Waals surface area contributed by atoms with Crippen molar-refractivity contribution in [2.75, 3.05) is 26.2 Å². The molecule has 0 saturated carbocycles. The molecule has 4 heterocycles. The van der Waals surface area contributed by atoms with Crippen molar-refractivity contribution >= 4 is 5.91 Å². The van der Waals surface area contributed by atoms with Crippen LogP contribution in [0.3, 0.4) is 0 Å². The van der Waals surface area contributed by atoms with E-state index in [1.165, 1.54) is 45.2 Å². The molecule has 4 saturated heterocycles. The SMILES string of the molecule is O=C1CC(CCCO)CC2C3CCCN4CCCC(CN12)C34. The van der Waals surface area contributed by atoms with Crippen LogP contribution in [0.1, 0.15) is 51.4 Å². The summed E-state index contributed by atoms with van der Waals surface area (Å²) in [7, 11) is 0. The molecule has 4 aliphatic rings. The highest BCUT2D eigenvalue weighted by molar-refractivity contribution is 5.78. The van der Waals surface area contributed by atoms with Crippen LogP contribution in [-0.2, 0) is 4.79 Å². The van der Waals surface area contributed by atoms with Gasteiger partial charge in [0.1, 0.15) is 0 Å². The molecule has 0 aromatic heterocycles. The van der Waals surface area contributed by atoms with Crippen molar-refractivity contribution in [1.29, 1.82) is 0 Å². The van der Waals surface area contributed by atoms with Gasteiger partial charge in [0.05, 0.1) is 0 Å². The predicted octanol–water partition coefficient (Wildman–Crippen LogP) is 1.87. The second-order valence-corrected chi connectivity index (χ2v) is 8.02. The molecule has 4 nitrogen and oxygen atoms in total. The number of hydrogen-bond acceptors (Lipinski definition) is 3. The molecule has 0 aliphatic carbocycles. The van der Waals surface area contributed by atoms with Crippen molar-refractivity contribution in [1.82, 2.24) is 9.80 Å². The van der Waals surface area contributed by atoms with E-state index < -0.39 is 0 Å². The van der Waals surface area contributed by atoms with Crippen molar-refractivity contribution in [2.24, 2.45) is 17.8 Å². The van der Waals surface area contributed by atoms with E-state index in [0.717, 1.165) is 37.8 Å². The molecule has 1 amide bonds. The van der Waals surface area contributed by atoms with E-state index in [4.69, 9.17) is 5.11 Å². The first-order chi connectivity index (χ1) is 10.8. The first kappa shape index (κ1) is 14.9. The van der Waals surface area contributed by atoms with Crippen molar-refractivity contribution in [3.63, 3.8) is 0 Å². The Morgan fingerprint density at radius 3 is 2.82 bits per heavy atom. The molecule has 5 unspecified atom stereocenters. The monoisotopic (exact) mass is 306 g/mol. The molecule has 0 aromatic carbocycles. The number of nitrogens with zero attached hydrogens (tertiary/aromatic N) is 2. The van der Waals surface area contributed by atoms with Gasteiger partial charge in [0.15, 0.2) is 0 Å². The van der Waals surface area contributed by atoms with Gasteiger partial charge < -0.3 is 10.0 Å². The lowest BCUT2D eigenvalue weighted by Crippen LogP contribution is -2.67. The van der Waals surface area contributed by atoms with E-state index in [9.17, 15) is 4.79 Å². The third-order valence-corrected chi connectivity index (χ3v) is 6.80. The van der Waals surface area contributed by atoms with Crippen LogP contribution in [0.5, 0.6) is 0 Å². The summed E-state index contributed by atoms with van der Waals surface area (Å²) in [5.74, 6) is 2.36. The summed E-state index contributed by atoms with van der Waals surface area (Å²) in [6.45, 7) is 3.85. The fourth-order valence-electron chi connectivity index (χ4n) is 5.97. The maximum Gasteiger partial charge on any atom is 0.223 e. The zero-order valence-electron chi connectivity index (χ0n) is 13.6. The largest absolute Gasteiger partial charge is 0.396 e. The van der Waals surface area contributed by atoms with Gasteiger partial charge in [-0.2, -0.15) is 0 Å². The fraction of sp³-hybridized carbons (Fsp3) is 0.944. The Hall–Kier alpha value is -0.610. The lowest BCUT2D eigenvalue weighted by atomic mass is 9.66. The van der Waals surface area contributed by atoms with Gasteiger partial charge in [0.25, 0.3) is 0 Å². The van der Waals surface area contributed by atoms with Crippen LogP contribution in [0.2, 0.25) is 0 Å². The van der Waals surface area contributed by atoms with Crippen molar-refractivity contribution in [3.05, 3.63) is 0 Å². The number of fused-ring (bicyclic) bond motifs is 2. The number of carbonyl (C=O) groups is 1. The number of rotatable bonds is 3. The molecule has 5 atom stereocenters. The molecule has 4 aliphatic heterocycles. The number of amides is 1. The van der Waals surface area contributed by atoms with Gasteiger partial charge >= 0.3 is 0 Å². The van der Waals surface area contributed by atoms with Crippen LogP contribution < -0.4 is 0 Å². The van der Waals surface area contributed by atoms with Crippen LogP contribution in [0.15, 0.2) is 0 Å². The molecule has 1 N–H and O–H groups in total. The quantitative estimate of drug-likeness (QED) is 0.866. The van der Waals surface area contributed by atoms with E-state index >= 15 is 0 Å². The maximum absolute atomic E-state index is 12.7. The molecule has 0 aromatic rings. The summed E-state index contributed by atoms with van der Waals surface area (Å²) in [4.78, 5) is 17.7. The molecule has 124 valence electrons. The number of aliphatic hydroxyl groups is 1. The highest BCUT2D eigenvalue weighted by Gasteiger charge is 2.51. The summed E-state index contributed by atoms with van der Waals surface area (Å²) in [6, 6.07) is 1.25. The minimum absolute atomic E-state index is 0.265. The third kappa shape index (κ3) is 2.48. The Balaban J connectivity index is 1.54. The number of hydrogen-bond donors (Lipinski definition) is 1. The molecule has 4 rings (SSSR count). The van der Waals surface area contributed by atoms with Gasteiger partial charge in [0.2, 0.25) is 5.91 Å².